The lowest BCUT2D eigenvalue weighted by Crippen LogP contribution is -2.24. The molecular weight excluding hydrogens is 356 g/mol. The summed E-state index contributed by atoms with van der Waals surface area (Å²) in [4.78, 5) is 21.8. The Balaban J connectivity index is 1.80. The predicted octanol–water partition coefficient (Wildman–Crippen LogP) is 1.48. The minimum atomic E-state index is -0.523. The molecular formula is C12H15BrN6O3. The molecule has 0 saturated carbocycles. The van der Waals surface area contributed by atoms with Crippen LogP contribution in [0.25, 0.3) is 0 Å². The van der Waals surface area contributed by atoms with Gasteiger partial charge in [0.2, 0.25) is 5.91 Å². The molecule has 10 heteroatoms. The molecule has 2 rings (SSSR count). The largest absolute Gasteiger partial charge is 0.350 e. The van der Waals surface area contributed by atoms with Gasteiger partial charge in [-0.3, -0.25) is 24.3 Å². The van der Waals surface area contributed by atoms with Crippen LogP contribution in [-0.2, 0) is 24.4 Å². The van der Waals surface area contributed by atoms with E-state index in [0.717, 1.165) is 22.9 Å². The highest BCUT2D eigenvalue weighted by Gasteiger charge is 2.11. The van der Waals surface area contributed by atoms with Crippen LogP contribution in [0, 0.1) is 10.1 Å². The molecule has 2 aromatic rings. The first-order valence-corrected chi connectivity index (χ1v) is 7.44. The van der Waals surface area contributed by atoms with Crippen LogP contribution in [0.4, 0.5) is 5.69 Å². The molecule has 0 atom stereocenters. The van der Waals surface area contributed by atoms with Crippen LogP contribution in [0.1, 0.15) is 19.0 Å². The van der Waals surface area contributed by atoms with Crippen molar-refractivity contribution in [1.82, 2.24) is 24.9 Å². The van der Waals surface area contributed by atoms with E-state index >= 15 is 0 Å². The Bertz CT molecular complexity index is 680. The summed E-state index contributed by atoms with van der Waals surface area (Å²) in [6.45, 7) is 3.34. The van der Waals surface area contributed by atoms with Crippen molar-refractivity contribution in [3.05, 3.63) is 38.9 Å². The summed E-state index contributed by atoms with van der Waals surface area (Å²) in [5.41, 5.74) is 0.666. The lowest BCUT2D eigenvalue weighted by Gasteiger charge is -2.04. The van der Waals surface area contributed by atoms with Crippen LogP contribution in [0.15, 0.2) is 23.1 Å². The van der Waals surface area contributed by atoms with E-state index in [0.29, 0.717) is 6.54 Å². The SMILES string of the molecule is CCn1cc(Br)c(CNC(=O)CCn2cc([N+](=O)[O-])cn2)n1. The number of hydrogen-bond acceptors (Lipinski definition) is 5. The Morgan fingerprint density at radius 3 is 2.82 bits per heavy atom. The fourth-order valence-corrected chi connectivity index (χ4v) is 2.23. The molecule has 9 nitrogen and oxygen atoms in total. The fourth-order valence-electron chi connectivity index (χ4n) is 1.77. The van der Waals surface area contributed by atoms with Crippen LogP contribution < -0.4 is 5.32 Å². The highest BCUT2D eigenvalue weighted by molar-refractivity contribution is 9.10. The fraction of sp³-hybridized carbons (Fsp3) is 0.417. The Morgan fingerprint density at radius 1 is 1.45 bits per heavy atom. The van der Waals surface area contributed by atoms with Crippen molar-refractivity contribution in [2.24, 2.45) is 0 Å². The van der Waals surface area contributed by atoms with Crippen molar-refractivity contribution in [2.45, 2.75) is 33.0 Å². The summed E-state index contributed by atoms with van der Waals surface area (Å²) in [6, 6.07) is 0. The molecule has 118 valence electrons. The van der Waals surface area contributed by atoms with Crippen LogP contribution in [-0.4, -0.2) is 30.4 Å². The highest BCUT2D eigenvalue weighted by atomic mass is 79.9. The summed E-state index contributed by atoms with van der Waals surface area (Å²) in [6.07, 6.45) is 4.49. The van der Waals surface area contributed by atoms with Gasteiger partial charge in [0, 0.05) is 25.7 Å². The number of aromatic nitrogens is 4. The number of nitrogens with zero attached hydrogens (tertiary/aromatic N) is 5. The van der Waals surface area contributed by atoms with Crippen molar-refractivity contribution in [3.63, 3.8) is 0 Å². The number of carbonyl (C=O) groups excluding carboxylic acids is 1. The molecule has 0 aromatic carbocycles. The number of amides is 1. The second kappa shape index (κ2) is 7.16. The van der Waals surface area contributed by atoms with Gasteiger partial charge in [0.1, 0.15) is 12.4 Å². The van der Waals surface area contributed by atoms with Crippen LogP contribution in [0.3, 0.4) is 0 Å². The number of carbonyl (C=O) groups is 1. The van der Waals surface area contributed by atoms with Gasteiger partial charge in [-0.1, -0.05) is 0 Å². The lowest BCUT2D eigenvalue weighted by molar-refractivity contribution is -0.385. The highest BCUT2D eigenvalue weighted by Crippen LogP contribution is 2.14. The maximum Gasteiger partial charge on any atom is 0.306 e. The summed E-state index contributed by atoms with van der Waals surface area (Å²) < 4.78 is 3.99. The molecule has 0 radical (unpaired) electrons. The molecule has 0 fully saturated rings. The zero-order chi connectivity index (χ0) is 16.1. The molecule has 1 amide bonds. The Kier molecular flexibility index (Phi) is 5.26. The maximum absolute atomic E-state index is 11.8. The van der Waals surface area contributed by atoms with Gasteiger partial charge < -0.3 is 5.32 Å². The molecule has 2 heterocycles. The standard InChI is InChI=1S/C12H15BrN6O3/c1-2-17-8-10(13)11(16-17)6-14-12(20)3-4-18-7-9(5-15-18)19(21)22/h5,7-8H,2-4,6H2,1H3,(H,14,20). The zero-order valence-electron chi connectivity index (χ0n) is 11.9. The van der Waals surface area contributed by atoms with Gasteiger partial charge >= 0.3 is 5.69 Å². The van der Waals surface area contributed by atoms with E-state index < -0.39 is 4.92 Å². The molecule has 2 aromatic heterocycles. The smallest absolute Gasteiger partial charge is 0.306 e. The number of aryl methyl sites for hydroxylation is 2. The van der Waals surface area contributed by atoms with Crippen molar-refractivity contribution in [2.75, 3.05) is 0 Å². The van der Waals surface area contributed by atoms with E-state index in [1.165, 1.54) is 10.9 Å². The third-order valence-corrected chi connectivity index (χ3v) is 3.63. The number of hydrogen-bond donors (Lipinski definition) is 1. The van der Waals surface area contributed by atoms with E-state index in [-0.39, 0.29) is 24.6 Å². The summed E-state index contributed by atoms with van der Waals surface area (Å²) in [7, 11) is 0. The molecule has 22 heavy (non-hydrogen) atoms. The van der Waals surface area contributed by atoms with Crippen molar-refractivity contribution < 1.29 is 9.72 Å². The van der Waals surface area contributed by atoms with Gasteiger partial charge in [0.15, 0.2) is 0 Å². The van der Waals surface area contributed by atoms with Crippen LogP contribution in [0.5, 0.6) is 0 Å². The van der Waals surface area contributed by atoms with Gasteiger partial charge in [0.25, 0.3) is 0 Å². The van der Waals surface area contributed by atoms with Gasteiger partial charge in [-0.15, -0.1) is 0 Å². The monoisotopic (exact) mass is 370 g/mol. The van der Waals surface area contributed by atoms with Crippen LogP contribution >= 0.6 is 15.9 Å². The van der Waals surface area contributed by atoms with Crippen molar-refractivity contribution in [1.29, 1.82) is 0 Å². The second-order valence-corrected chi connectivity index (χ2v) is 5.38. The molecule has 0 aliphatic rings. The van der Waals surface area contributed by atoms with Gasteiger partial charge in [0.05, 0.1) is 21.6 Å². The Labute approximate surface area is 134 Å². The van der Waals surface area contributed by atoms with Crippen LogP contribution in [0.2, 0.25) is 0 Å². The molecule has 0 unspecified atom stereocenters. The maximum atomic E-state index is 11.8. The quantitative estimate of drug-likeness (QED) is 0.586. The first-order chi connectivity index (χ1) is 10.5. The second-order valence-electron chi connectivity index (χ2n) is 4.52. The van der Waals surface area contributed by atoms with E-state index in [1.54, 1.807) is 4.68 Å². The van der Waals surface area contributed by atoms with Gasteiger partial charge in [-0.05, 0) is 22.9 Å². The van der Waals surface area contributed by atoms with Crippen molar-refractivity contribution in [3.8, 4) is 0 Å². The summed E-state index contributed by atoms with van der Waals surface area (Å²) in [5, 5.41) is 21.4. The van der Waals surface area contributed by atoms with Gasteiger partial charge in [-0.2, -0.15) is 10.2 Å². The Hall–Kier alpha value is -2.23. The molecule has 0 aliphatic heterocycles. The summed E-state index contributed by atoms with van der Waals surface area (Å²) >= 11 is 3.39. The van der Waals surface area contributed by atoms with Crippen molar-refractivity contribution >= 4 is 27.5 Å². The number of nitrogens with one attached hydrogen (secondary N) is 1. The first-order valence-electron chi connectivity index (χ1n) is 6.65. The van der Waals surface area contributed by atoms with E-state index in [9.17, 15) is 14.9 Å². The molecule has 0 spiro atoms. The number of nitro groups is 1. The normalized spacial score (nSPS) is 10.6. The first kappa shape index (κ1) is 16.1. The molecule has 0 bridgehead atoms. The molecule has 0 aliphatic carbocycles. The van der Waals surface area contributed by atoms with E-state index in [4.69, 9.17) is 0 Å². The Morgan fingerprint density at radius 2 is 2.23 bits per heavy atom. The third-order valence-electron chi connectivity index (χ3n) is 2.96. The summed E-state index contributed by atoms with van der Waals surface area (Å²) in [5.74, 6) is -0.170. The molecule has 1 N–H and O–H groups in total. The lowest BCUT2D eigenvalue weighted by atomic mass is 10.3. The number of rotatable bonds is 7. The van der Waals surface area contributed by atoms with E-state index in [1.807, 2.05) is 13.1 Å². The minimum absolute atomic E-state index is 0.0885. The number of halogens is 1. The minimum Gasteiger partial charge on any atom is -0.350 e. The third kappa shape index (κ3) is 4.13. The average Bonchev–Trinajstić information content (AvgIpc) is 3.09. The van der Waals surface area contributed by atoms with Gasteiger partial charge in [-0.25, -0.2) is 0 Å². The molecule has 0 saturated heterocycles. The average molecular weight is 371 g/mol. The predicted molar refractivity (Wildman–Crippen MR) is 80.9 cm³/mol. The topological polar surface area (TPSA) is 108 Å². The zero-order valence-corrected chi connectivity index (χ0v) is 13.5. The van der Waals surface area contributed by atoms with E-state index in [2.05, 4.69) is 31.4 Å².